The van der Waals surface area contributed by atoms with Gasteiger partial charge in [0.2, 0.25) is 0 Å². The Kier molecular flexibility index (Phi) is 5.62. The van der Waals surface area contributed by atoms with Gasteiger partial charge in [-0.25, -0.2) is 0 Å². The highest BCUT2D eigenvalue weighted by atomic mass is 16.5. The topological polar surface area (TPSA) is 58.6 Å². The van der Waals surface area contributed by atoms with Crippen molar-refractivity contribution >= 4 is 5.91 Å². The van der Waals surface area contributed by atoms with Crippen LogP contribution in [0.25, 0.3) is 0 Å². The smallest absolute Gasteiger partial charge is 0.257 e. The third-order valence-electron chi connectivity index (χ3n) is 4.37. The summed E-state index contributed by atoms with van der Waals surface area (Å²) in [6.07, 6.45) is 3.30. The van der Waals surface area contributed by atoms with E-state index >= 15 is 0 Å². The number of aliphatic hydroxyl groups is 1. The van der Waals surface area contributed by atoms with Crippen molar-refractivity contribution in [3.05, 3.63) is 29.3 Å². The van der Waals surface area contributed by atoms with Gasteiger partial charge in [0.25, 0.3) is 5.91 Å². The van der Waals surface area contributed by atoms with Crippen LogP contribution in [0.5, 0.6) is 5.75 Å². The van der Waals surface area contributed by atoms with Gasteiger partial charge in [-0.15, -0.1) is 0 Å². The number of para-hydroxylation sites is 1. The molecule has 0 spiro atoms. The maximum absolute atomic E-state index is 11.9. The van der Waals surface area contributed by atoms with Gasteiger partial charge in [0.15, 0.2) is 6.61 Å². The number of carbonyl (C=O) groups excluding carboxylic acids is 1. The lowest BCUT2D eigenvalue weighted by molar-refractivity contribution is -0.123. The molecule has 1 amide bonds. The fourth-order valence-electron chi connectivity index (χ4n) is 3.08. The average Bonchev–Trinajstić information content (AvgIpc) is 2.92. The fraction of sp³-hybridized carbons (Fsp3) is 0.588. The van der Waals surface area contributed by atoms with Gasteiger partial charge in [0.05, 0.1) is 0 Å². The van der Waals surface area contributed by atoms with E-state index in [2.05, 4.69) is 5.32 Å². The van der Waals surface area contributed by atoms with Crippen molar-refractivity contribution in [2.24, 2.45) is 11.8 Å². The molecule has 0 aromatic heterocycles. The molecule has 0 heterocycles. The second kappa shape index (κ2) is 7.46. The summed E-state index contributed by atoms with van der Waals surface area (Å²) in [4.78, 5) is 11.9. The van der Waals surface area contributed by atoms with E-state index < -0.39 is 0 Å². The van der Waals surface area contributed by atoms with Crippen LogP contribution in [0.2, 0.25) is 0 Å². The van der Waals surface area contributed by atoms with Crippen LogP contribution in [0.4, 0.5) is 0 Å². The molecule has 2 unspecified atom stereocenters. The minimum absolute atomic E-state index is 0.0439. The van der Waals surface area contributed by atoms with Gasteiger partial charge in [0.1, 0.15) is 5.75 Å². The number of rotatable bonds is 6. The Balaban J connectivity index is 1.77. The van der Waals surface area contributed by atoms with E-state index in [1.165, 1.54) is 0 Å². The maximum atomic E-state index is 11.9. The summed E-state index contributed by atoms with van der Waals surface area (Å²) in [5, 5.41) is 12.2. The van der Waals surface area contributed by atoms with E-state index in [0.717, 1.165) is 36.1 Å². The first-order valence-electron chi connectivity index (χ1n) is 7.68. The van der Waals surface area contributed by atoms with Crippen molar-refractivity contribution in [3.8, 4) is 5.75 Å². The highest BCUT2D eigenvalue weighted by Crippen LogP contribution is 2.30. The Morgan fingerprint density at radius 2 is 1.95 bits per heavy atom. The quantitative estimate of drug-likeness (QED) is 0.845. The van der Waals surface area contributed by atoms with Gasteiger partial charge in [0, 0.05) is 13.2 Å². The van der Waals surface area contributed by atoms with Gasteiger partial charge < -0.3 is 15.2 Å². The summed E-state index contributed by atoms with van der Waals surface area (Å²) in [5.41, 5.74) is 2.08. The Labute approximate surface area is 126 Å². The van der Waals surface area contributed by atoms with Gasteiger partial charge in [-0.2, -0.15) is 0 Å². The number of carbonyl (C=O) groups is 1. The molecule has 1 saturated carbocycles. The average molecular weight is 291 g/mol. The molecule has 1 aromatic rings. The van der Waals surface area contributed by atoms with Crippen LogP contribution < -0.4 is 10.1 Å². The molecule has 1 fully saturated rings. The van der Waals surface area contributed by atoms with Crippen molar-refractivity contribution < 1.29 is 14.6 Å². The predicted octanol–water partition coefficient (Wildman–Crippen LogP) is 2.21. The molecule has 21 heavy (non-hydrogen) atoms. The molecular formula is C17H25NO3. The Morgan fingerprint density at radius 1 is 1.29 bits per heavy atom. The van der Waals surface area contributed by atoms with Crippen LogP contribution >= 0.6 is 0 Å². The number of ether oxygens (including phenoxy) is 1. The molecule has 1 aliphatic carbocycles. The number of aryl methyl sites for hydroxylation is 2. The van der Waals surface area contributed by atoms with E-state index in [-0.39, 0.29) is 19.1 Å². The minimum atomic E-state index is -0.0961. The Morgan fingerprint density at radius 3 is 2.62 bits per heavy atom. The largest absolute Gasteiger partial charge is 0.483 e. The van der Waals surface area contributed by atoms with Crippen LogP contribution in [0.3, 0.4) is 0 Å². The van der Waals surface area contributed by atoms with Crippen molar-refractivity contribution in [2.45, 2.75) is 33.1 Å². The summed E-state index contributed by atoms with van der Waals surface area (Å²) >= 11 is 0. The second-order valence-electron chi connectivity index (χ2n) is 5.95. The van der Waals surface area contributed by atoms with Gasteiger partial charge in [-0.05, 0) is 49.7 Å². The van der Waals surface area contributed by atoms with Crippen LogP contribution in [0.15, 0.2) is 18.2 Å². The summed E-state index contributed by atoms with van der Waals surface area (Å²) in [5.74, 6) is 1.44. The number of aliphatic hydroxyl groups excluding tert-OH is 1. The van der Waals surface area contributed by atoms with Gasteiger partial charge in [-0.3, -0.25) is 4.79 Å². The predicted molar refractivity (Wildman–Crippen MR) is 82.3 cm³/mol. The number of benzene rings is 1. The zero-order valence-corrected chi connectivity index (χ0v) is 12.9. The van der Waals surface area contributed by atoms with Gasteiger partial charge in [-0.1, -0.05) is 24.6 Å². The SMILES string of the molecule is Cc1cccc(C)c1OCC(=O)NCC1CCCC1CO. The Bertz CT molecular complexity index is 467. The lowest BCUT2D eigenvalue weighted by atomic mass is 9.97. The summed E-state index contributed by atoms with van der Waals surface area (Å²) in [6.45, 7) is 4.86. The maximum Gasteiger partial charge on any atom is 0.257 e. The number of hydrogen-bond donors (Lipinski definition) is 2. The Hall–Kier alpha value is -1.55. The summed E-state index contributed by atoms with van der Waals surface area (Å²) in [6, 6.07) is 5.93. The first-order valence-corrected chi connectivity index (χ1v) is 7.68. The standard InChI is InChI=1S/C17H25NO3/c1-12-5-3-6-13(2)17(12)21-11-16(20)18-9-14-7-4-8-15(14)10-19/h3,5-6,14-15,19H,4,7-11H2,1-2H3,(H,18,20). The van der Waals surface area contributed by atoms with Crippen molar-refractivity contribution in [3.63, 3.8) is 0 Å². The van der Waals surface area contributed by atoms with Crippen LogP contribution in [-0.4, -0.2) is 30.8 Å². The van der Waals surface area contributed by atoms with Crippen LogP contribution in [-0.2, 0) is 4.79 Å². The third-order valence-corrected chi connectivity index (χ3v) is 4.37. The van der Waals surface area contributed by atoms with Crippen molar-refractivity contribution in [2.75, 3.05) is 19.8 Å². The van der Waals surface area contributed by atoms with Gasteiger partial charge >= 0.3 is 0 Å². The molecule has 2 atom stereocenters. The third kappa shape index (κ3) is 4.21. The summed E-state index contributed by atoms with van der Waals surface area (Å²) in [7, 11) is 0. The zero-order chi connectivity index (χ0) is 15.2. The van der Waals surface area contributed by atoms with E-state index in [1.54, 1.807) is 0 Å². The molecule has 4 nitrogen and oxygen atoms in total. The number of amides is 1. The molecule has 2 rings (SSSR count). The lowest BCUT2D eigenvalue weighted by Gasteiger charge is -2.18. The number of nitrogens with one attached hydrogen (secondary N) is 1. The first-order chi connectivity index (χ1) is 10.1. The van der Waals surface area contributed by atoms with Crippen LogP contribution in [0.1, 0.15) is 30.4 Å². The number of hydrogen-bond acceptors (Lipinski definition) is 3. The van der Waals surface area contributed by atoms with Crippen molar-refractivity contribution in [1.82, 2.24) is 5.32 Å². The van der Waals surface area contributed by atoms with E-state index in [1.807, 2.05) is 32.0 Å². The zero-order valence-electron chi connectivity index (χ0n) is 12.9. The molecule has 0 saturated heterocycles. The molecule has 0 bridgehead atoms. The molecule has 4 heteroatoms. The fourth-order valence-corrected chi connectivity index (χ4v) is 3.08. The molecule has 0 aliphatic heterocycles. The minimum Gasteiger partial charge on any atom is -0.483 e. The van der Waals surface area contributed by atoms with Crippen molar-refractivity contribution in [1.29, 1.82) is 0 Å². The molecule has 1 aliphatic rings. The summed E-state index contributed by atoms with van der Waals surface area (Å²) < 4.78 is 5.64. The highest BCUT2D eigenvalue weighted by Gasteiger charge is 2.26. The van der Waals surface area contributed by atoms with E-state index in [0.29, 0.717) is 18.4 Å². The van der Waals surface area contributed by atoms with E-state index in [9.17, 15) is 9.90 Å². The second-order valence-corrected chi connectivity index (χ2v) is 5.95. The highest BCUT2D eigenvalue weighted by molar-refractivity contribution is 5.77. The molecule has 1 aromatic carbocycles. The lowest BCUT2D eigenvalue weighted by Crippen LogP contribution is -2.34. The monoisotopic (exact) mass is 291 g/mol. The molecule has 2 N–H and O–H groups in total. The van der Waals surface area contributed by atoms with E-state index in [4.69, 9.17) is 4.74 Å². The van der Waals surface area contributed by atoms with Crippen LogP contribution in [0, 0.1) is 25.7 Å². The normalized spacial score (nSPS) is 21.3. The molecular weight excluding hydrogens is 266 g/mol. The molecule has 0 radical (unpaired) electrons. The first kappa shape index (κ1) is 15.8. The molecule has 116 valence electrons.